The van der Waals surface area contributed by atoms with E-state index in [9.17, 15) is 10.1 Å². The van der Waals surface area contributed by atoms with Crippen LogP contribution in [0.4, 0.5) is 17.3 Å². The maximum atomic E-state index is 13.4. The zero-order chi connectivity index (χ0) is 25.4. The van der Waals surface area contributed by atoms with Crippen LogP contribution >= 0.6 is 0 Å². The Hall–Kier alpha value is -4.48. The highest BCUT2D eigenvalue weighted by Gasteiger charge is 2.27. The SMILES string of the molecule is CN1CC(n2c(=O)c(C#N)cc3cnc(Nc4ccc(C5=CCNCC5)cc4)nc32)Cc2ccccc21. The van der Waals surface area contributed by atoms with Crippen molar-refractivity contribution in [1.29, 1.82) is 5.26 Å². The molecule has 8 nitrogen and oxygen atoms in total. The van der Waals surface area contributed by atoms with E-state index >= 15 is 0 Å². The van der Waals surface area contributed by atoms with Crippen LogP contribution in [0.3, 0.4) is 0 Å². The van der Waals surface area contributed by atoms with Gasteiger partial charge in [0.1, 0.15) is 17.3 Å². The Morgan fingerprint density at radius 3 is 2.78 bits per heavy atom. The summed E-state index contributed by atoms with van der Waals surface area (Å²) in [5.41, 5.74) is 6.06. The fourth-order valence-corrected chi connectivity index (χ4v) is 5.34. The van der Waals surface area contributed by atoms with Gasteiger partial charge in [-0.1, -0.05) is 36.4 Å². The second-order valence-corrected chi connectivity index (χ2v) is 9.57. The molecule has 1 atom stereocenters. The molecule has 0 radical (unpaired) electrons. The van der Waals surface area contributed by atoms with Gasteiger partial charge in [0.2, 0.25) is 5.95 Å². The summed E-state index contributed by atoms with van der Waals surface area (Å²) in [5.74, 6) is 0.406. The van der Waals surface area contributed by atoms with E-state index in [2.05, 4.69) is 56.9 Å². The lowest BCUT2D eigenvalue weighted by Crippen LogP contribution is -2.39. The van der Waals surface area contributed by atoms with Crippen molar-refractivity contribution in [2.45, 2.75) is 18.9 Å². The molecule has 2 aliphatic heterocycles. The van der Waals surface area contributed by atoms with Crippen molar-refractivity contribution in [2.24, 2.45) is 0 Å². The minimum absolute atomic E-state index is 0.0983. The first-order valence-corrected chi connectivity index (χ1v) is 12.5. The summed E-state index contributed by atoms with van der Waals surface area (Å²) in [6.45, 7) is 2.53. The van der Waals surface area contributed by atoms with E-state index < -0.39 is 0 Å². The Labute approximate surface area is 214 Å². The molecule has 2 aliphatic rings. The van der Waals surface area contributed by atoms with E-state index in [0.717, 1.165) is 30.9 Å². The van der Waals surface area contributed by atoms with Crippen LogP contribution in [-0.4, -0.2) is 41.2 Å². The van der Waals surface area contributed by atoms with Gasteiger partial charge in [-0.3, -0.25) is 9.36 Å². The fourth-order valence-electron chi connectivity index (χ4n) is 5.34. The summed E-state index contributed by atoms with van der Waals surface area (Å²) in [7, 11) is 2.03. The molecular weight excluding hydrogens is 462 g/mol. The number of pyridine rings is 1. The Morgan fingerprint density at radius 1 is 1.16 bits per heavy atom. The molecule has 0 saturated heterocycles. The molecule has 2 aromatic carbocycles. The highest BCUT2D eigenvalue weighted by Crippen LogP contribution is 2.32. The zero-order valence-electron chi connectivity index (χ0n) is 20.6. The number of rotatable bonds is 4. The van der Waals surface area contributed by atoms with Crippen LogP contribution < -0.4 is 21.1 Å². The summed E-state index contributed by atoms with van der Waals surface area (Å²) in [4.78, 5) is 24.8. The molecule has 2 aromatic heterocycles. The number of benzene rings is 2. The van der Waals surface area contributed by atoms with E-state index in [4.69, 9.17) is 4.98 Å². The van der Waals surface area contributed by atoms with Gasteiger partial charge in [-0.2, -0.15) is 10.2 Å². The van der Waals surface area contributed by atoms with E-state index in [1.165, 1.54) is 16.7 Å². The van der Waals surface area contributed by atoms with Gasteiger partial charge in [-0.25, -0.2) is 4.98 Å². The lowest BCUT2D eigenvalue weighted by molar-refractivity contribution is 0.480. The normalized spacial score (nSPS) is 17.1. The molecular formula is C29H27N7O. The van der Waals surface area contributed by atoms with Crippen molar-refractivity contribution >= 4 is 33.9 Å². The largest absolute Gasteiger partial charge is 0.372 e. The average molecular weight is 490 g/mol. The van der Waals surface area contributed by atoms with Gasteiger partial charge in [0.05, 0.1) is 6.04 Å². The Morgan fingerprint density at radius 2 is 2.00 bits per heavy atom. The summed E-state index contributed by atoms with van der Waals surface area (Å²) in [6, 6.07) is 19.9. The van der Waals surface area contributed by atoms with Gasteiger partial charge in [0.15, 0.2) is 0 Å². The summed E-state index contributed by atoms with van der Waals surface area (Å²) in [6.07, 6.45) is 5.61. The van der Waals surface area contributed by atoms with Gasteiger partial charge in [0.25, 0.3) is 5.56 Å². The second-order valence-electron chi connectivity index (χ2n) is 9.57. The number of nitrogens with one attached hydrogen (secondary N) is 2. The lowest BCUT2D eigenvalue weighted by Gasteiger charge is -2.34. The number of nitrogens with zero attached hydrogens (tertiary/aromatic N) is 5. The third-order valence-electron chi connectivity index (χ3n) is 7.18. The molecule has 0 bridgehead atoms. The van der Waals surface area contributed by atoms with Crippen molar-refractivity contribution in [3.8, 4) is 6.07 Å². The van der Waals surface area contributed by atoms with Crippen molar-refractivity contribution < 1.29 is 0 Å². The Bertz CT molecular complexity index is 1610. The molecule has 1 unspecified atom stereocenters. The number of anilines is 3. The molecule has 37 heavy (non-hydrogen) atoms. The fraction of sp³-hybridized carbons (Fsp3) is 0.241. The quantitative estimate of drug-likeness (QED) is 0.447. The summed E-state index contributed by atoms with van der Waals surface area (Å²) >= 11 is 0. The topological polar surface area (TPSA) is 98.9 Å². The Balaban J connectivity index is 1.37. The first-order chi connectivity index (χ1) is 18.1. The van der Waals surface area contributed by atoms with Crippen molar-refractivity contribution in [1.82, 2.24) is 19.9 Å². The number of likely N-dealkylation sites (N-methyl/N-ethyl adjacent to an activating group) is 1. The minimum Gasteiger partial charge on any atom is -0.372 e. The molecule has 0 fully saturated rings. The number of aromatic nitrogens is 3. The monoisotopic (exact) mass is 489 g/mol. The predicted molar refractivity (Wildman–Crippen MR) is 146 cm³/mol. The van der Waals surface area contributed by atoms with E-state index in [0.29, 0.717) is 29.9 Å². The van der Waals surface area contributed by atoms with Crippen LogP contribution in [-0.2, 0) is 6.42 Å². The number of para-hydroxylation sites is 1. The minimum atomic E-state index is -0.322. The molecule has 0 amide bonds. The lowest BCUT2D eigenvalue weighted by atomic mass is 9.97. The van der Waals surface area contributed by atoms with E-state index in [1.54, 1.807) is 16.8 Å². The van der Waals surface area contributed by atoms with Gasteiger partial charge in [-0.05, 0) is 60.4 Å². The van der Waals surface area contributed by atoms with E-state index in [-0.39, 0.29) is 17.2 Å². The first kappa shape index (κ1) is 23.0. The predicted octanol–water partition coefficient (Wildman–Crippen LogP) is 4.02. The van der Waals surface area contributed by atoms with Crippen LogP contribution in [0.15, 0.2) is 71.7 Å². The third-order valence-corrected chi connectivity index (χ3v) is 7.18. The van der Waals surface area contributed by atoms with E-state index in [1.807, 2.05) is 31.3 Å². The highest BCUT2D eigenvalue weighted by molar-refractivity contribution is 5.78. The van der Waals surface area contributed by atoms with Crippen molar-refractivity contribution in [2.75, 3.05) is 36.9 Å². The van der Waals surface area contributed by atoms with Crippen LogP contribution in [0.2, 0.25) is 0 Å². The van der Waals surface area contributed by atoms with Gasteiger partial charge in [0, 0.05) is 43.1 Å². The summed E-state index contributed by atoms with van der Waals surface area (Å²) < 4.78 is 1.68. The molecule has 6 rings (SSSR count). The van der Waals surface area contributed by atoms with Gasteiger partial charge in [-0.15, -0.1) is 0 Å². The second kappa shape index (κ2) is 9.52. The number of hydrogen-bond donors (Lipinski definition) is 2. The smallest absolute Gasteiger partial charge is 0.270 e. The molecule has 184 valence electrons. The molecule has 2 N–H and O–H groups in total. The highest BCUT2D eigenvalue weighted by atomic mass is 16.1. The molecule has 4 heterocycles. The molecule has 0 saturated carbocycles. The molecule has 4 aromatic rings. The molecule has 0 spiro atoms. The maximum Gasteiger partial charge on any atom is 0.270 e. The van der Waals surface area contributed by atoms with Crippen molar-refractivity contribution in [3.05, 3.63) is 93.9 Å². The molecule has 8 heteroatoms. The third kappa shape index (κ3) is 4.34. The Kier molecular flexibility index (Phi) is 5.91. The molecule has 0 aliphatic carbocycles. The average Bonchev–Trinajstić information content (AvgIpc) is 2.93. The number of nitriles is 1. The van der Waals surface area contributed by atoms with Gasteiger partial charge >= 0.3 is 0 Å². The number of fused-ring (bicyclic) bond motifs is 2. The number of hydrogen-bond acceptors (Lipinski definition) is 7. The van der Waals surface area contributed by atoms with Crippen LogP contribution in [0.5, 0.6) is 0 Å². The van der Waals surface area contributed by atoms with Crippen molar-refractivity contribution in [3.63, 3.8) is 0 Å². The van der Waals surface area contributed by atoms with Crippen LogP contribution in [0.25, 0.3) is 16.6 Å². The standard InChI is InChI=1S/C29H27N7O/c1-35-18-25(15-21-4-2-3-5-26(21)35)36-27-23(14-22(16-30)28(36)37)17-32-29(34-27)33-24-8-6-19(7-9-24)20-10-12-31-13-11-20/h2-10,14,17,25,31H,11-13,15,18H2,1H3,(H,32,33,34). The summed E-state index contributed by atoms with van der Waals surface area (Å²) in [5, 5.41) is 16.9. The maximum absolute atomic E-state index is 13.4. The van der Waals surface area contributed by atoms with Gasteiger partial charge < -0.3 is 15.5 Å². The first-order valence-electron chi connectivity index (χ1n) is 12.5. The van der Waals surface area contributed by atoms with Crippen LogP contribution in [0.1, 0.15) is 29.2 Å². The zero-order valence-corrected chi connectivity index (χ0v) is 20.6. The van der Waals surface area contributed by atoms with Crippen LogP contribution in [0, 0.1) is 11.3 Å².